The summed E-state index contributed by atoms with van der Waals surface area (Å²) < 4.78 is 8.78. The molecule has 2 aromatic carbocycles. The predicted molar refractivity (Wildman–Crippen MR) is 172 cm³/mol. The molecule has 0 spiro atoms. The van der Waals surface area contributed by atoms with E-state index in [0.717, 1.165) is 63.5 Å². The molecular weight excluding hydrogens is 548 g/mol. The summed E-state index contributed by atoms with van der Waals surface area (Å²) in [4.78, 5) is 4.82. The second kappa shape index (κ2) is 10.7. The third-order valence-corrected chi connectivity index (χ3v) is 9.57. The zero-order valence-electron chi connectivity index (χ0n) is 26.2. The maximum Gasteiger partial charge on any atom is 0.102 e. The maximum atomic E-state index is 4.56. The minimum absolute atomic E-state index is 0.692. The van der Waals surface area contributed by atoms with Gasteiger partial charge in [-0.25, -0.2) is 0 Å². The number of benzene rings is 2. The van der Waals surface area contributed by atoms with E-state index in [9.17, 15) is 0 Å². The van der Waals surface area contributed by atoms with Gasteiger partial charge in [0, 0.05) is 72.2 Å². The number of fused-ring (bicyclic) bond motifs is 6. The Kier molecular flexibility index (Phi) is 6.64. The van der Waals surface area contributed by atoms with E-state index in [2.05, 4.69) is 116 Å². The number of hydrogen-bond donors (Lipinski definition) is 0. The van der Waals surface area contributed by atoms with Crippen LogP contribution in [0.5, 0.6) is 0 Å². The Morgan fingerprint density at radius 2 is 1.09 bits per heavy atom. The topological polar surface area (TPSA) is 77.8 Å². The molecule has 2 aliphatic rings. The Balaban J connectivity index is 0.977. The molecule has 0 saturated heterocycles. The number of rotatable bonds is 7. The summed E-state index contributed by atoms with van der Waals surface area (Å²) in [5.41, 5.74) is 12.9. The standard InChI is InChI=1S/C34H40N10/c1-23-5-7-31-27(15-23)29-21-39(3)11-9-33(29)43(31)19-25-17-41(37-35-25)13-14-42-18-26(36-38-42)20-44-32-8-6-24(2)16-28(32)30-22-40(4)12-10-34(30)44/h5-8,15-18H,9-14,19-22H2,1-4H3. The van der Waals surface area contributed by atoms with Gasteiger partial charge in [0.1, 0.15) is 11.4 Å². The lowest BCUT2D eigenvalue weighted by atomic mass is 10.0. The third kappa shape index (κ3) is 4.82. The quantitative estimate of drug-likeness (QED) is 0.279. The van der Waals surface area contributed by atoms with Crippen molar-refractivity contribution < 1.29 is 0 Å². The Morgan fingerprint density at radius 1 is 0.636 bits per heavy atom. The maximum absolute atomic E-state index is 4.56. The predicted octanol–water partition coefficient (Wildman–Crippen LogP) is 4.17. The largest absolute Gasteiger partial charge is 0.338 e. The van der Waals surface area contributed by atoms with Crippen molar-refractivity contribution in [2.75, 3.05) is 27.2 Å². The van der Waals surface area contributed by atoms with Gasteiger partial charge in [-0.1, -0.05) is 33.7 Å². The summed E-state index contributed by atoms with van der Waals surface area (Å²) in [5.74, 6) is 0. The molecule has 0 unspecified atom stereocenters. The lowest BCUT2D eigenvalue weighted by Crippen LogP contribution is -2.27. The van der Waals surface area contributed by atoms with Crippen molar-refractivity contribution in [2.45, 2.75) is 66.0 Å². The molecular formula is C34H40N10. The highest BCUT2D eigenvalue weighted by Crippen LogP contribution is 2.33. The van der Waals surface area contributed by atoms with Crippen LogP contribution in [-0.2, 0) is 52.1 Å². The van der Waals surface area contributed by atoms with Gasteiger partial charge < -0.3 is 18.9 Å². The molecule has 0 fully saturated rings. The van der Waals surface area contributed by atoms with Crippen LogP contribution < -0.4 is 0 Å². The molecule has 10 nitrogen and oxygen atoms in total. The monoisotopic (exact) mass is 588 g/mol. The molecule has 8 rings (SSSR count). The molecule has 0 N–H and O–H groups in total. The first-order valence-corrected chi connectivity index (χ1v) is 15.8. The Labute approximate surface area is 257 Å². The lowest BCUT2D eigenvalue weighted by molar-refractivity contribution is 0.310. The molecule has 0 saturated carbocycles. The fraction of sp³-hybridized carbons (Fsp3) is 0.412. The fourth-order valence-corrected chi connectivity index (χ4v) is 7.33. The molecule has 44 heavy (non-hydrogen) atoms. The number of likely N-dealkylation sites (N-methyl/N-ethyl adjacent to an activating group) is 2. The fourth-order valence-electron chi connectivity index (χ4n) is 7.33. The highest BCUT2D eigenvalue weighted by molar-refractivity contribution is 5.87. The zero-order chi connectivity index (χ0) is 29.9. The van der Waals surface area contributed by atoms with Gasteiger partial charge >= 0.3 is 0 Å². The average Bonchev–Trinajstić information content (AvgIpc) is 3.78. The van der Waals surface area contributed by atoms with E-state index in [1.165, 1.54) is 55.4 Å². The molecule has 2 aliphatic heterocycles. The zero-order valence-corrected chi connectivity index (χ0v) is 26.2. The summed E-state index contributed by atoms with van der Waals surface area (Å²) in [6.45, 7) is 11.3. The number of hydrogen-bond acceptors (Lipinski definition) is 6. The number of aromatic nitrogens is 8. The van der Waals surface area contributed by atoms with Crippen molar-refractivity contribution in [1.82, 2.24) is 48.9 Å². The van der Waals surface area contributed by atoms with Crippen LogP contribution in [0.15, 0.2) is 48.8 Å². The first kappa shape index (κ1) is 27.3. The number of aryl methyl sites for hydroxylation is 4. The van der Waals surface area contributed by atoms with Gasteiger partial charge in [-0.2, -0.15) is 0 Å². The van der Waals surface area contributed by atoms with Crippen LogP contribution in [-0.4, -0.2) is 76.1 Å². The molecule has 0 bridgehead atoms. The van der Waals surface area contributed by atoms with Gasteiger partial charge in [0.25, 0.3) is 0 Å². The van der Waals surface area contributed by atoms with Crippen LogP contribution in [0.2, 0.25) is 0 Å². The molecule has 0 aliphatic carbocycles. The minimum Gasteiger partial charge on any atom is -0.338 e. The van der Waals surface area contributed by atoms with Crippen molar-refractivity contribution in [1.29, 1.82) is 0 Å². The summed E-state index contributed by atoms with van der Waals surface area (Å²) in [5, 5.41) is 20.8. The second-order valence-electron chi connectivity index (χ2n) is 13.0. The summed E-state index contributed by atoms with van der Waals surface area (Å²) in [6, 6.07) is 13.6. The molecule has 6 aromatic rings. The first-order chi connectivity index (χ1) is 21.4. The summed E-state index contributed by atoms with van der Waals surface area (Å²) in [7, 11) is 4.42. The molecule has 6 heterocycles. The van der Waals surface area contributed by atoms with E-state index in [-0.39, 0.29) is 0 Å². The first-order valence-electron chi connectivity index (χ1n) is 15.8. The summed E-state index contributed by atoms with van der Waals surface area (Å²) in [6.07, 6.45) is 6.27. The van der Waals surface area contributed by atoms with Crippen LogP contribution in [0, 0.1) is 13.8 Å². The lowest BCUT2D eigenvalue weighted by Gasteiger charge is -2.24. The van der Waals surface area contributed by atoms with Gasteiger partial charge in [0.05, 0.1) is 38.6 Å². The van der Waals surface area contributed by atoms with Gasteiger partial charge in [0.15, 0.2) is 0 Å². The van der Waals surface area contributed by atoms with E-state index >= 15 is 0 Å². The van der Waals surface area contributed by atoms with Gasteiger partial charge in [-0.15, -0.1) is 10.2 Å². The average molecular weight is 589 g/mol. The highest BCUT2D eigenvalue weighted by Gasteiger charge is 2.24. The van der Waals surface area contributed by atoms with E-state index in [4.69, 9.17) is 0 Å². The highest BCUT2D eigenvalue weighted by atomic mass is 15.5. The molecule has 226 valence electrons. The third-order valence-electron chi connectivity index (χ3n) is 9.57. The Hall–Kier alpha value is -4.28. The molecule has 0 atom stereocenters. The van der Waals surface area contributed by atoms with Gasteiger partial charge in [-0.3, -0.25) is 9.36 Å². The van der Waals surface area contributed by atoms with Crippen LogP contribution in [0.1, 0.15) is 45.0 Å². The number of nitrogens with zero attached hydrogens (tertiary/aromatic N) is 10. The molecule has 10 heteroatoms. The van der Waals surface area contributed by atoms with Crippen LogP contribution in [0.3, 0.4) is 0 Å². The summed E-state index contributed by atoms with van der Waals surface area (Å²) >= 11 is 0. The van der Waals surface area contributed by atoms with Crippen LogP contribution >= 0.6 is 0 Å². The molecule has 4 aromatic heterocycles. The smallest absolute Gasteiger partial charge is 0.102 e. The molecule has 0 radical (unpaired) electrons. The van der Waals surface area contributed by atoms with Crippen molar-refractivity contribution >= 4 is 21.8 Å². The van der Waals surface area contributed by atoms with E-state index < -0.39 is 0 Å². The second-order valence-corrected chi connectivity index (χ2v) is 13.0. The van der Waals surface area contributed by atoms with Gasteiger partial charge in [0.2, 0.25) is 0 Å². The van der Waals surface area contributed by atoms with E-state index in [1.54, 1.807) is 0 Å². The van der Waals surface area contributed by atoms with Crippen molar-refractivity contribution in [3.8, 4) is 0 Å². The normalized spacial score (nSPS) is 15.8. The SMILES string of the molecule is Cc1ccc2c(c1)c1c(n2Cc2cn(CCn3cc(Cn4c5c(c6cc(C)ccc64)CN(C)CC5)nn3)nn2)CCN(C)C1. The van der Waals surface area contributed by atoms with Crippen molar-refractivity contribution in [2.24, 2.45) is 0 Å². The van der Waals surface area contributed by atoms with Crippen LogP contribution in [0.4, 0.5) is 0 Å². The Morgan fingerprint density at radius 3 is 1.55 bits per heavy atom. The van der Waals surface area contributed by atoms with Crippen LogP contribution in [0.25, 0.3) is 21.8 Å². The van der Waals surface area contributed by atoms with Crippen molar-refractivity contribution in [3.63, 3.8) is 0 Å². The molecule has 0 amide bonds. The van der Waals surface area contributed by atoms with Gasteiger partial charge in [-0.05, 0) is 63.3 Å². The minimum atomic E-state index is 0.692. The van der Waals surface area contributed by atoms with E-state index in [0.29, 0.717) is 13.1 Å². The Bertz CT molecular complexity index is 1860. The van der Waals surface area contributed by atoms with E-state index in [1.807, 2.05) is 9.36 Å². The van der Waals surface area contributed by atoms with Crippen molar-refractivity contribution in [3.05, 3.63) is 93.8 Å².